The third kappa shape index (κ3) is 3.00. The van der Waals surface area contributed by atoms with Gasteiger partial charge in [0.25, 0.3) is 11.6 Å². The van der Waals surface area contributed by atoms with Crippen molar-refractivity contribution in [2.24, 2.45) is 5.10 Å². The fourth-order valence-electron chi connectivity index (χ4n) is 1.27. The van der Waals surface area contributed by atoms with Crippen molar-refractivity contribution in [3.8, 4) is 0 Å². The maximum atomic E-state index is 11.6. The number of carbonyl (C=O) groups excluding carboxylic acids is 1. The van der Waals surface area contributed by atoms with Crippen LogP contribution in [0.3, 0.4) is 0 Å². The molecule has 0 fully saturated rings. The van der Waals surface area contributed by atoms with Gasteiger partial charge in [0.05, 0.1) is 17.6 Å². The molecule has 1 N–H and O–H groups in total. The van der Waals surface area contributed by atoms with Crippen LogP contribution in [0.2, 0.25) is 0 Å². The van der Waals surface area contributed by atoms with Crippen LogP contribution in [0.1, 0.15) is 15.9 Å². The second-order valence-electron chi connectivity index (χ2n) is 3.12. The molecule has 0 atom stereocenters. The standard InChI is InChI=1S/C10H11N3O4/c1-7-8(10(14)12-11-6-17-2)4-3-5-9(7)13(15)16/h3-6H,1-2H3,(H,12,14)/b11-6+. The number of hydrogen-bond acceptors (Lipinski definition) is 5. The Hall–Kier alpha value is -2.44. The maximum Gasteiger partial charge on any atom is 0.273 e. The predicted octanol–water partition coefficient (Wildman–Crippen LogP) is 1.22. The predicted molar refractivity (Wildman–Crippen MR) is 60.8 cm³/mol. The van der Waals surface area contributed by atoms with Crippen molar-refractivity contribution in [1.82, 2.24) is 5.43 Å². The van der Waals surface area contributed by atoms with Crippen molar-refractivity contribution in [3.05, 3.63) is 39.4 Å². The Kier molecular flexibility index (Phi) is 4.15. The molecule has 1 aromatic carbocycles. The number of methoxy groups -OCH3 is 1. The van der Waals surface area contributed by atoms with Crippen LogP contribution in [0.25, 0.3) is 0 Å². The van der Waals surface area contributed by atoms with Gasteiger partial charge in [-0.2, -0.15) is 0 Å². The van der Waals surface area contributed by atoms with Crippen molar-refractivity contribution in [1.29, 1.82) is 0 Å². The van der Waals surface area contributed by atoms with Crippen molar-refractivity contribution < 1.29 is 14.5 Å². The molecule has 0 bridgehead atoms. The molecule has 7 heteroatoms. The average molecular weight is 237 g/mol. The summed E-state index contributed by atoms with van der Waals surface area (Å²) in [5.41, 5.74) is 2.58. The Bertz CT molecular complexity index is 471. The van der Waals surface area contributed by atoms with Crippen LogP contribution in [-0.4, -0.2) is 24.3 Å². The number of nitrogens with zero attached hydrogens (tertiary/aromatic N) is 2. The molecular weight excluding hydrogens is 226 g/mol. The molecule has 0 aliphatic carbocycles. The molecule has 0 saturated heterocycles. The molecule has 90 valence electrons. The van der Waals surface area contributed by atoms with Gasteiger partial charge in [0.2, 0.25) is 0 Å². The zero-order chi connectivity index (χ0) is 12.8. The second kappa shape index (κ2) is 5.59. The minimum absolute atomic E-state index is 0.103. The van der Waals surface area contributed by atoms with Crippen LogP contribution in [0, 0.1) is 17.0 Å². The maximum absolute atomic E-state index is 11.6. The van der Waals surface area contributed by atoms with E-state index in [1.807, 2.05) is 0 Å². The Balaban J connectivity index is 2.98. The summed E-state index contributed by atoms with van der Waals surface area (Å²) in [6.07, 6.45) is 1.05. The minimum atomic E-state index is -0.537. The van der Waals surface area contributed by atoms with Gasteiger partial charge in [0.15, 0.2) is 6.40 Å². The fourth-order valence-corrected chi connectivity index (χ4v) is 1.27. The van der Waals surface area contributed by atoms with Gasteiger partial charge in [-0.25, -0.2) is 5.43 Å². The highest BCUT2D eigenvalue weighted by Crippen LogP contribution is 2.20. The van der Waals surface area contributed by atoms with Crippen molar-refractivity contribution >= 4 is 18.0 Å². The first-order valence-corrected chi connectivity index (χ1v) is 4.66. The Morgan fingerprint density at radius 2 is 2.29 bits per heavy atom. The van der Waals surface area contributed by atoms with E-state index in [9.17, 15) is 14.9 Å². The number of nitrogens with one attached hydrogen (secondary N) is 1. The molecule has 0 spiro atoms. The third-order valence-electron chi connectivity index (χ3n) is 2.07. The first-order valence-electron chi connectivity index (χ1n) is 4.66. The van der Waals surface area contributed by atoms with E-state index in [2.05, 4.69) is 15.3 Å². The van der Waals surface area contributed by atoms with Gasteiger partial charge >= 0.3 is 0 Å². The quantitative estimate of drug-likeness (QED) is 0.368. The highest BCUT2D eigenvalue weighted by atomic mass is 16.6. The van der Waals surface area contributed by atoms with E-state index in [1.165, 1.54) is 32.2 Å². The largest absolute Gasteiger partial charge is 0.485 e. The zero-order valence-corrected chi connectivity index (χ0v) is 9.34. The number of benzene rings is 1. The number of hydrazone groups is 1. The first-order chi connectivity index (χ1) is 8.07. The van der Waals surface area contributed by atoms with E-state index >= 15 is 0 Å². The van der Waals surface area contributed by atoms with Gasteiger partial charge in [0, 0.05) is 11.6 Å². The number of ether oxygens (including phenoxy) is 1. The summed E-state index contributed by atoms with van der Waals surface area (Å²) in [4.78, 5) is 21.8. The smallest absolute Gasteiger partial charge is 0.273 e. The Morgan fingerprint density at radius 1 is 1.59 bits per heavy atom. The number of amides is 1. The first kappa shape index (κ1) is 12.6. The van der Waals surface area contributed by atoms with Crippen LogP contribution in [0.4, 0.5) is 5.69 Å². The van der Waals surface area contributed by atoms with E-state index < -0.39 is 10.8 Å². The number of nitro groups is 1. The highest BCUT2D eigenvalue weighted by Gasteiger charge is 2.17. The Labute approximate surface area is 97.2 Å². The van der Waals surface area contributed by atoms with Gasteiger partial charge in [-0.3, -0.25) is 14.9 Å². The second-order valence-corrected chi connectivity index (χ2v) is 3.12. The summed E-state index contributed by atoms with van der Waals surface area (Å²) in [7, 11) is 1.38. The van der Waals surface area contributed by atoms with Crippen LogP contribution in [0.15, 0.2) is 23.3 Å². The summed E-state index contributed by atoms with van der Waals surface area (Å²) in [5, 5.41) is 14.1. The summed E-state index contributed by atoms with van der Waals surface area (Å²) < 4.78 is 4.51. The summed E-state index contributed by atoms with van der Waals surface area (Å²) in [5.74, 6) is -0.528. The van der Waals surface area contributed by atoms with Gasteiger partial charge in [-0.05, 0) is 13.0 Å². The SMILES string of the molecule is CO/C=N/NC(=O)c1cccc([N+](=O)[O-])c1C. The highest BCUT2D eigenvalue weighted by molar-refractivity contribution is 5.96. The topological polar surface area (TPSA) is 93.8 Å². The molecular formula is C10H11N3O4. The lowest BCUT2D eigenvalue weighted by Gasteiger charge is -2.04. The van der Waals surface area contributed by atoms with Gasteiger partial charge in [-0.1, -0.05) is 6.07 Å². The molecule has 0 unspecified atom stereocenters. The molecule has 0 aromatic heterocycles. The van der Waals surface area contributed by atoms with Crippen molar-refractivity contribution in [2.75, 3.05) is 7.11 Å². The normalized spacial score (nSPS) is 10.2. The lowest BCUT2D eigenvalue weighted by atomic mass is 10.1. The number of carbonyl (C=O) groups is 1. The van der Waals surface area contributed by atoms with Crippen molar-refractivity contribution in [2.45, 2.75) is 6.92 Å². The zero-order valence-electron chi connectivity index (χ0n) is 9.34. The molecule has 17 heavy (non-hydrogen) atoms. The number of nitro benzene ring substituents is 1. The minimum Gasteiger partial charge on any atom is -0.485 e. The molecule has 1 amide bonds. The number of rotatable bonds is 4. The third-order valence-corrected chi connectivity index (χ3v) is 2.07. The van der Waals surface area contributed by atoms with E-state index in [0.717, 1.165) is 6.40 Å². The Morgan fingerprint density at radius 3 is 2.88 bits per heavy atom. The summed E-state index contributed by atoms with van der Waals surface area (Å²) >= 11 is 0. The van der Waals surface area contributed by atoms with Crippen molar-refractivity contribution in [3.63, 3.8) is 0 Å². The summed E-state index contributed by atoms with van der Waals surface area (Å²) in [6.45, 7) is 1.51. The molecule has 1 rings (SSSR count). The lowest BCUT2D eigenvalue weighted by molar-refractivity contribution is -0.385. The lowest BCUT2D eigenvalue weighted by Crippen LogP contribution is -2.19. The van der Waals surface area contributed by atoms with E-state index in [1.54, 1.807) is 0 Å². The molecule has 7 nitrogen and oxygen atoms in total. The molecule has 0 saturated carbocycles. The van der Waals surface area contributed by atoms with Crippen LogP contribution >= 0.6 is 0 Å². The molecule has 0 aliphatic heterocycles. The van der Waals surface area contributed by atoms with Gasteiger partial charge in [-0.15, -0.1) is 5.10 Å². The van der Waals surface area contributed by atoms with Crippen LogP contribution in [0.5, 0.6) is 0 Å². The van der Waals surface area contributed by atoms with E-state index in [0.29, 0.717) is 5.56 Å². The van der Waals surface area contributed by atoms with E-state index in [-0.39, 0.29) is 11.3 Å². The van der Waals surface area contributed by atoms with Gasteiger partial charge < -0.3 is 4.74 Å². The molecule has 0 heterocycles. The fraction of sp³-hybridized carbons (Fsp3) is 0.200. The number of hydrogen-bond donors (Lipinski definition) is 1. The van der Waals surface area contributed by atoms with Crippen LogP contribution in [-0.2, 0) is 4.74 Å². The van der Waals surface area contributed by atoms with E-state index in [4.69, 9.17) is 0 Å². The monoisotopic (exact) mass is 237 g/mol. The molecule has 0 aliphatic rings. The van der Waals surface area contributed by atoms with Crippen LogP contribution < -0.4 is 5.43 Å². The van der Waals surface area contributed by atoms with Gasteiger partial charge in [0.1, 0.15) is 0 Å². The average Bonchev–Trinajstić information content (AvgIpc) is 2.29. The summed E-state index contributed by atoms with van der Waals surface area (Å²) in [6, 6.07) is 4.27. The molecule has 1 aromatic rings. The molecule has 0 radical (unpaired) electrons.